The molecule has 1 aromatic carbocycles. The van der Waals surface area contributed by atoms with Crippen LogP contribution in [0.2, 0.25) is 0 Å². The average Bonchev–Trinajstić information content (AvgIpc) is 2.38. The van der Waals surface area contributed by atoms with Gasteiger partial charge in [-0.1, -0.05) is 18.2 Å². The van der Waals surface area contributed by atoms with E-state index in [1.165, 1.54) is 21.1 Å². The minimum Gasteiger partial charge on any atom is -0.446 e. The molecule has 0 aliphatic heterocycles. The van der Waals surface area contributed by atoms with Crippen LogP contribution in [0.5, 0.6) is 0 Å². The van der Waals surface area contributed by atoms with Crippen molar-refractivity contribution in [1.82, 2.24) is 0 Å². The second-order valence-electron chi connectivity index (χ2n) is 3.28. The van der Waals surface area contributed by atoms with E-state index in [1.54, 1.807) is 30.3 Å². The Morgan fingerprint density at radius 2 is 1.71 bits per heavy atom. The van der Waals surface area contributed by atoms with Gasteiger partial charge in [0.1, 0.15) is 0 Å². The summed E-state index contributed by atoms with van der Waals surface area (Å²) in [5, 5.41) is 0. The second kappa shape index (κ2) is 5.96. The third kappa shape index (κ3) is 3.40. The number of esters is 1. The molecule has 1 aromatic rings. The Bertz CT molecular complexity index is 409. The van der Waals surface area contributed by atoms with Crippen LogP contribution in [-0.2, 0) is 18.3 Å². The molecule has 6 heteroatoms. The highest BCUT2D eigenvalue weighted by Crippen LogP contribution is 2.51. The van der Waals surface area contributed by atoms with Gasteiger partial charge in [-0.15, -0.1) is 0 Å². The van der Waals surface area contributed by atoms with Gasteiger partial charge in [0.15, 0.2) is 5.85 Å². The highest BCUT2D eigenvalue weighted by atomic mass is 31.2. The van der Waals surface area contributed by atoms with Gasteiger partial charge in [-0.3, -0.25) is 4.57 Å². The van der Waals surface area contributed by atoms with Gasteiger partial charge >= 0.3 is 13.6 Å². The first-order chi connectivity index (χ1) is 8.03. The van der Waals surface area contributed by atoms with Gasteiger partial charge in [0.05, 0.1) is 5.56 Å². The number of carbonyl (C=O) groups is 1. The highest BCUT2D eigenvalue weighted by Gasteiger charge is 2.33. The van der Waals surface area contributed by atoms with Gasteiger partial charge in [-0.25, -0.2) is 4.79 Å². The zero-order chi connectivity index (χ0) is 12.9. The van der Waals surface area contributed by atoms with Crippen molar-refractivity contribution in [3.63, 3.8) is 0 Å². The van der Waals surface area contributed by atoms with E-state index in [0.29, 0.717) is 5.56 Å². The molecule has 5 nitrogen and oxygen atoms in total. The lowest BCUT2D eigenvalue weighted by atomic mass is 10.2. The van der Waals surface area contributed by atoms with E-state index in [9.17, 15) is 9.36 Å². The number of carbonyl (C=O) groups excluding carboxylic acids is 1. The summed E-state index contributed by atoms with van der Waals surface area (Å²) in [6, 6.07) is 8.44. The largest absolute Gasteiger partial charge is 0.446 e. The fourth-order valence-electron chi connectivity index (χ4n) is 1.23. The summed E-state index contributed by atoms with van der Waals surface area (Å²) in [4.78, 5) is 11.7. The summed E-state index contributed by atoms with van der Waals surface area (Å²) in [6.45, 7) is 1.47. The number of hydrogen-bond donors (Lipinski definition) is 0. The van der Waals surface area contributed by atoms with Crippen molar-refractivity contribution in [2.75, 3.05) is 14.2 Å². The predicted octanol–water partition coefficient (Wildman–Crippen LogP) is 2.68. The van der Waals surface area contributed by atoms with Crippen molar-refractivity contribution in [3.8, 4) is 0 Å². The SMILES string of the molecule is COP(=O)(OC)[13C@@H](C)OC(=O)c1ccccc1. The van der Waals surface area contributed by atoms with Gasteiger partial charge < -0.3 is 13.8 Å². The van der Waals surface area contributed by atoms with Crippen molar-refractivity contribution in [3.05, 3.63) is 35.9 Å². The molecule has 1 atom stereocenters. The highest BCUT2D eigenvalue weighted by molar-refractivity contribution is 7.54. The van der Waals surface area contributed by atoms with Gasteiger partial charge in [0.2, 0.25) is 0 Å². The summed E-state index contributed by atoms with van der Waals surface area (Å²) in [5.74, 6) is -1.52. The number of rotatable bonds is 5. The predicted molar refractivity (Wildman–Crippen MR) is 62.9 cm³/mol. The van der Waals surface area contributed by atoms with Gasteiger partial charge in [0.25, 0.3) is 0 Å². The third-order valence-electron chi connectivity index (χ3n) is 2.24. The lowest BCUT2D eigenvalue weighted by Gasteiger charge is -2.20. The monoisotopic (exact) mass is 259 g/mol. The van der Waals surface area contributed by atoms with E-state index >= 15 is 0 Å². The molecule has 0 aliphatic carbocycles. The Morgan fingerprint density at radius 1 is 1.18 bits per heavy atom. The molecule has 0 unspecified atom stereocenters. The zero-order valence-electron chi connectivity index (χ0n) is 9.95. The first-order valence-electron chi connectivity index (χ1n) is 5.00. The molecule has 0 radical (unpaired) electrons. The minimum atomic E-state index is -3.39. The summed E-state index contributed by atoms with van der Waals surface area (Å²) >= 11 is 0. The molecular formula is C11H15O5P. The molecule has 0 saturated heterocycles. The zero-order valence-corrected chi connectivity index (χ0v) is 10.8. The van der Waals surface area contributed by atoms with Gasteiger partial charge in [-0.05, 0) is 19.1 Å². The molecule has 94 valence electrons. The Labute approximate surface area is 100 Å². The average molecular weight is 259 g/mol. The van der Waals surface area contributed by atoms with Crippen LogP contribution in [0.3, 0.4) is 0 Å². The maximum absolute atomic E-state index is 11.9. The smallest absolute Gasteiger partial charge is 0.370 e. The lowest BCUT2D eigenvalue weighted by Crippen LogP contribution is -2.17. The molecular weight excluding hydrogens is 244 g/mol. The maximum Gasteiger partial charge on any atom is 0.370 e. The van der Waals surface area contributed by atoms with Gasteiger partial charge in [-0.2, -0.15) is 0 Å². The Balaban J connectivity index is 2.73. The van der Waals surface area contributed by atoms with Crippen LogP contribution in [0.15, 0.2) is 30.3 Å². The molecule has 0 saturated carbocycles. The van der Waals surface area contributed by atoms with Crippen LogP contribution in [0.1, 0.15) is 17.3 Å². The molecule has 0 bridgehead atoms. The third-order valence-corrected chi connectivity index (χ3v) is 4.26. The summed E-state index contributed by atoms with van der Waals surface area (Å²) in [6.07, 6.45) is 0. The first kappa shape index (κ1) is 13.9. The van der Waals surface area contributed by atoms with Crippen LogP contribution >= 0.6 is 7.60 Å². The normalized spacial score (nSPS) is 13.1. The van der Waals surface area contributed by atoms with Crippen molar-refractivity contribution < 1.29 is 23.1 Å². The number of hydrogen-bond acceptors (Lipinski definition) is 5. The summed E-state index contributed by atoms with van der Waals surface area (Å²) < 4.78 is 26.4. The summed E-state index contributed by atoms with van der Waals surface area (Å²) in [7, 11) is -0.895. The molecule has 0 fully saturated rings. The summed E-state index contributed by atoms with van der Waals surface area (Å²) in [5.41, 5.74) is 0.387. The fraction of sp³-hybridized carbons (Fsp3) is 0.364. The van der Waals surface area contributed by atoms with Crippen LogP contribution in [0.4, 0.5) is 0 Å². The van der Waals surface area contributed by atoms with Crippen molar-refractivity contribution in [2.24, 2.45) is 0 Å². The van der Waals surface area contributed by atoms with E-state index in [2.05, 4.69) is 0 Å². The quantitative estimate of drug-likeness (QED) is 0.462. The maximum atomic E-state index is 11.9. The van der Waals surface area contributed by atoms with E-state index in [1.807, 2.05) is 0 Å². The molecule has 0 amide bonds. The molecule has 0 aromatic heterocycles. The molecule has 0 N–H and O–H groups in total. The van der Waals surface area contributed by atoms with Crippen molar-refractivity contribution >= 4 is 13.6 Å². The van der Waals surface area contributed by atoms with Crippen LogP contribution in [-0.4, -0.2) is 26.0 Å². The number of ether oxygens (including phenoxy) is 1. The minimum absolute atomic E-state index is 0.387. The molecule has 1 rings (SSSR count). The molecule has 0 spiro atoms. The Morgan fingerprint density at radius 3 is 2.18 bits per heavy atom. The van der Waals surface area contributed by atoms with E-state index < -0.39 is 19.4 Å². The van der Waals surface area contributed by atoms with E-state index in [4.69, 9.17) is 13.8 Å². The first-order valence-corrected chi connectivity index (χ1v) is 6.62. The Kier molecular flexibility index (Phi) is 4.87. The van der Waals surface area contributed by atoms with Crippen molar-refractivity contribution in [1.29, 1.82) is 0 Å². The van der Waals surface area contributed by atoms with Gasteiger partial charge in [0, 0.05) is 14.2 Å². The second-order valence-corrected chi connectivity index (χ2v) is 5.81. The van der Waals surface area contributed by atoms with Crippen LogP contribution < -0.4 is 0 Å². The van der Waals surface area contributed by atoms with E-state index in [-0.39, 0.29) is 0 Å². The molecule has 17 heavy (non-hydrogen) atoms. The molecule has 0 heterocycles. The van der Waals surface area contributed by atoms with Crippen LogP contribution in [0.25, 0.3) is 0 Å². The van der Waals surface area contributed by atoms with Crippen LogP contribution in [0, 0.1) is 0 Å². The lowest BCUT2D eigenvalue weighted by molar-refractivity contribution is 0.0414. The number of benzene rings is 1. The topological polar surface area (TPSA) is 61.8 Å². The van der Waals surface area contributed by atoms with E-state index in [0.717, 1.165) is 0 Å². The molecule has 0 aliphatic rings. The fourth-order valence-corrected chi connectivity index (χ4v) is 2.20. The van der Waals surface area contributed by atoms with Crippen molar-refractivity contribution in [2.45, 2.75) is 12.8 Å². The Hall–Kier alpha value is -1.16. The standard InChI is InChI=1S/C11H15O5P/c1-9(17(13,14-2)15-3)16-11(12)10-7-5-4-6-8-10/h4-9H,1-3H3/t9-/m0/s1/i9+1.